The fraction of sp³-hybridized carbons (Fsp3) is 0.824. The number of nitrogens with zero attached hydrogens (tertiary/aromatic N) is 1. The molecular weight excluding hydrogens is 248 g/mol. The van der Waals surface area contributed by atoms with Crippen LogP contribution in [0.15, 0.2) is 12.7 Å². The normalized spacial score (nSPS) is 11.3. The van der Waals surface area contributed by atoms with Gasteiger partial charge in [-0.05, 0) is 25.7 Å². The Morgan fingerprint density at radius 2 is 1.70 bits per heavy atom. The standard InChI is InChI=1S/C17H34N2O/c1-5-7-8-9-10-11-12-13-14-17(20)18-16-19(3,4)15-6-2/h5H,1,6-16H2,2-4H3/p+1. The highest BCUT2D eigenvalue weighted by Gasteiger charge is 2.14. The van der Waals surface area contributed by atoms with Crippen molar-refractivity contribution in [3.63, 3.8) is 0 Å². The molecule has 0 aromatic rings. The lowest BCUT2D eigenvalue weighted by molar-refractivity contribution is -0.892. The van der Waals surface area contributed by atoms with Crippen LogP contribution in [0.5, 0.6) is 0 Å². The average molecular weight is 283 g/mol. The topological polar surface area (TPSA) is 29.1 Å². The van der Waals surface area contributed by atoms with E-state index in [0.29, 0.717) is 6.42 Å². The molecule has 20 heavy (non-hydrogen) atoms. The van der Waals surface area contributed by atoms with Gasteiger partial charge in [-0.15, -0.1) is 6.58 Å². The summed E-state index contributed by atoms with van der Waals surface area (Å²) in [6.07, 6.45) is 12.2. The monoisotopic (exact) mass is 283 g/mol. The van der Waals surface area contributed by atoms with Crippen LogP contribution in [0.1, 0.15) is 64.7 Å². The zero-order chi connectivity index (χ0) is 15.3. The molecule has 0 rings (SSSR count). The van der Waals surface area contributed by atoms with E-state index in [-0.39, 0.29) is 5.91 Å². The zero-order valence-electron chi connectivity index (χ0n) is 13.9. The third-order valence-corrected chi connectivity index (χ3v) is 3.60. The van der Waals surface area contributed by atoms with Gasteiger partial charge in [0.1, 0.15) is 0 Å². The summed E-state index contributed by atoms with van der Waals surface area (Å²) < 4.78 is 0.867. The highest BCUT2D eigenvalue weighted by atomic mass is 16.1. The van der Waals surface area contributed by atoms with Crippen molar-refractivity contribution in [1.82, 2.24) is 5.32 Å². The zero-order valence-corrected chi connectivity index (χ0v) is 13.9. The number of allylic oxidation sites excluding steroid dienone is 1. The van der Waals surface area contributed by atoms with Crippen molar-refractivity contribution in [1.29, 1.82) is 0 Å². The lowest BCUT2D eigenvalue weighted by Gasteiger charge is -2.29. The molecule has 0 aromatic heterocycles. The van der Waals surface area contributed by atoms with Gasteiger partial charge in [-0.25, -0.2) is 0 Å². The molecule has 1 N–H and O–H groups in total. The summed E-state index contributed by atoms with van der Waals surface area (Å²) in [6, 6.07) is 0. The van der Waals surface area contributed by atoms with Crippen molar-refractivity contribution >= 4 is 5.91 Å². The second-order valence-corrected chi connectivity index (χ2v) is 6.37. The predicted octanol–water partition coefficient (Wildman–Crippen LogP) is 3.85. The number of unbranched alkanes of at least 4 members (excludes halogenated alkanes) is 6. The Morgan fingerprint density at radius 1 is 1.10 bits per heavy atom. The Kier molecular flexibility index (Phi) is 11.5. The number of rotatable bonds is 13. The molecule has 0 saturated heterocycles. The molecule has 0 aromatic carbocycles. The van der Waals surface area contributed by atoms with Crippen molar-refractivity contribution in [3.05, 3.63) is 12.7 Å². The van der Waals surface area contributed by atoms with Crippen LogP contribution in [-0.4, -0.2) is 37.7 Å². The SMILES string of the molecule is C=CCCCCCCCCC(=O)NC[N+](C)(C)CCC. The highest BCUT2D eigenvalue weighted by molar-refractivity contribution is 5.75. The molecule has 1 amide bonds. The minimum Gasteiger partial charge on any atom is -0.311 e. The van der Waals surface area contributed by atoms with Crippen LogP contribution in [0.2, 0.25) is 0 Å². The predicted molar refractivity (Wildman–Crippen MR) is 87.4 cm³/mol. The Morgan fingerprint density at radius 3 is 2.30 bits per heavy atom. The summed E-state index contributed by atoms with van der Waals surface area (Å²) in [6.45, 7) is 7.75. The van der Waals surface area contributed by atoms with Crippen molar-refractivity contribution in [2.75, 3.05) is 27.3 Å². The first kappa shape index (κ1) is 19.2. The first-order chi connectivity index (χ1) is 9.52. The second-order valence-electron chi connectivity index (χ2n) is 6.37. The third-order valence-electron chi connectivity index (χ3n) is 3.60. The molecule has 0 spiro atoms. The van der Waals surface area contributed by atoms with Crippen LogP contribution in [-0.2, 0) is 4.79 Å². The van der Waals surface area contributed by atoms with Gasteiger partial charge < -0.3 is 9.80 Å². The van der Waals surface area contributed by atoms with Gasteiger partial charge in [-0.1, -0.05) is 38.7 Å². The van der Waals surface area contributed by atoms with E-state index in [1.807, 2.05) is 6.08 Å². The molecule has 0 aliphatic carbocycles. The summed E-state index contributed by atoms with van der Waals surface area (Å²) in [7, 11) is 4.32. The molecule has 0 fully saturated rings. The fourth-order valence-corrected chi connectivity index (χ4v) is 2.36. The van der Waals surface area contributed by atoms with Crippen molar-refractivity contribution in [2.24, 2.45) is 0 Å². The second kappa shape index (κ2) is 12.0. The molecule has 0 saturated carbocycles. The van der Waals surface area contributed by atoms with Crippen molar-refractivity contribution in [3.8, 4) is 0 Å². The molecule has 0 aliphatic heterocycles. The number of amides is 1. The van der Waals surface area contributed by atoms with Gasteiger partial charge in [-0.3, -0.25) is 4.79 Å². The van der Waals surface area contributed by atoms with Gasteiger partial charge >= 0.3 is 0 Å². The third kappa shape index (κ3) is 12.2. The summed E-state index contributed by atoms with van der Waals surface area (Å²) in [4.78, 5) is 11.7. The van der Waals surface area contributed by atoms with E-state index >= 15 is 0 Å². The van der Waals surface area contributed by atoms with Crippen LogP contribution in [0.3, 0.4) is 0 Å². The first-order valence-corrected chi connectivity index (χ1v) is 8.21. The lowest BCUT2D eigenvalue weighted by atomic mass is 10.1. The van der Waals surface area contributed by atoms with Gasteiger partial charge in [0.15, 0.2) is 6.67 Å². The van der Waals surface area contributed by atoms with Crippen LogP contribution in [0.25, 0.3) is 0 Å². The smallest absolute Gasteiger partial charge is 0.224 e. The summed E-state index contributed by atoms with van der Waals surface area (Å²) in [5.74, 6) is 0.207. The van der Waals surface area contributed by atoms with E-state index < -0.39 is 0 Å². The molecule has 0 atom stereocenters. The minimum absolute atomic E-state index is 0.207. The van der Waals surface area contributed by atoms with E-state index in [9.17, 15) is 4.79 Å². The molecule has 0 aliphatic rings. The minimum atomic E-state index is 0.207. The van der Waals surface area contributed by atoms with Crippen molar-refractivity contribution < 1.29 is 9.28 Å². The molecule has 0 radical (unpaired) electrons. The molecule has 3 heteroatoms. The maximum absolute atomic E-state index is 11.7. The maximum Gasteiger partial charge on any atom is 0.224 e. The number of nitrogens with one attached hydrogen (secondary N) is 1. The fourth-order valence-electron chi connectivity index (χ4n) is 2.36. The Bertz CT molecular complexity index is 262. The van der Waals surface area contributed by atoms with Gasteiger partial charge in [0.2, 0.25) is 5.91 Å². The van der Waals surface area contributed by atoms with Crippen LogP contribution in [0, 0.1) is 0 Å². The van der Waals surface area contributed by atoms with Crippen LogP contribution < -0.4 is 5.32 Å². The van der Waals surface area contributed by atoms with Crippen LogP contribution >= 0.6 is 0 Å². The largest absolute Gasteiger partial charge is 0.311 e. The summed E-state index contributed by atoms with van der Waals surface area (Å²) >= 11 is 0. The Balaban J connectivity index is 3.43. The molecule has 0 bridgehead atoms. The van der Waals surface area contributed by atoms with E-state index in [0.717, 1.165) is 37.0 Å². The average Bonchev–Trinajstić information content (AvgIpc) is 2.39. The first-order valence-electron chi connectivity index (χ1n) is 8.21. The highest BCUT2D eigenvalue weighted by Crippen LogP contribution is 2.08. The van der Waals surface area contributed by atoms with E-state index in [4.69, 9.17) is 0 Å². The van der Waals surface area contributed by atoms with Gasteiger partial charge in [0.25, 0.3) is 0 Å². The summed E-state index contributed by atoms with van der Waals surface area (Å²) in [5.41, 5.74) is 0. The lowest BCUT2D eigenvalue weighted by Crippen LogP contribution is -2.48. The van der Waals surface area contributed by atoms with Gasteiger partial charge in [-0.2, -0.15) is 0 Å². The van der Waals surface area contributed by atoms with Gasteiger partial charge in [0.05, 0.1) is 20.6 Å². The number of hydrogen-bond acceptors (Lipinski definition) is 1. The maximum atomic E-state index is 11.7. The molecule has 3 nitrogen and oxygen atoms in total. The quantitative estimate of drug-likeness (QED) is 0.236. The molecular formula is C17H35N2O+. The van der Waals surface area contributed by atoms with Crippen LogP contribution in [0.4, 0.5) is 0 Å². The number of carbonyl (C=O) groups is 1. The van der Waals surface area contributed by atoms with E-state index in [1.165, 1.54) is 32.1 Å². The molecule has 118 valence electrons. The van der Waals surface area contributed by atoms with Gasteiger partial charge in [0, 0.05) is 6.42 Å². The molecule has 0 unspecified atom stereocenters. The number of carbonyl (C=O) groups excluding carboxylic acids is 1. The Hall–Kier alpha value is -0.830. The number of quaternary nitrogens is 1. The van der Waals surface area contributed by atoms with Crippen molar-refractivity contribution in [2.45, 2.75) is 64.7 Å². The Labute approximate surface area is 126 Å². The number of hydrogen-bond donors (Lipinski definition) is 1. The molecule has 0 heterocycles. The van der Waals surface area contributed by atoms with E-state index in [2.05, 4.69) is 32.9 Å². The summed E-state index contributed by atoms with van der Waals surface area (Å²) in [5, 5.41) is 3.05. The van der Waals surface area contributed by atoms with E-state index in [1.54, 1.807) is 0 Å².